The third-order valence-electron chi connectivity index (χ3n) is 3.57. The van der Waals surface area contributed by atoms with Crippen molar-refractivity contribution in [3.63, 3.8) is 0 Å². The fourth-order valence-electron chi connectivity index (χ4n) is 2.70. The van der Waals surface area contributed by atoms with Crippen molar-refractivity contribution in [2.24, 2.45) is 5.92 Å². The van der Waals surface area contributed by atoms with Crippen LogP contribution in [0.4, 0.5) is 0 Å². The Kier molecular flexibility index (Phi) is 4.12. The van der Waals surface area contributed by atoms with E-state index in [2.05, 4.69) is 28.2 Å². The Balaban J connectivity index is 2.08. The van der Waals surface area contributed by atoms with E-state index in [-0.39, 0.29) is 18.3 Å². The SMILES string of the molecule is CC1CCCC(CO)(NC(=O)c2ccc(Br)o2)C1. The smallest absolute Gasteiger partial charge is 0.287 e. The molecule has 18 heavy (non-hydrogen) atoms. The predicted octanol–water partition coefficient (Wildman–Crippen LogP) is 2.71. The Morgan fingerprint density at radius 3 is 3.00 bits per heavy atom. The van der Waals surface area contributed by atoms with E-state index in [1.807, 2.05) is 0 Å². The van der Waals surface area contributed by atoms with Gasteiger partial charge in [-0.25, -0.2) is 0 Å². The normalized spacial score (nSPS) is 28.1. The molecule has 1 saturated carbocycles. The zero-order chi connectivity index (χ0) is 13.2. The van der Waals surface area contributed by atoms with Gasteiger partial charge in [0.1, 0.15) is 0 Å². The lowest BCUT2D eigenvalue weighted by Gasteiger charge is -2.39. The number of carbonyl (C=O) groups excluding carboxylic acids is 1. The minimum Gasteiger partial charge on any atom is -0.444 e. The van der Waals surface area contributed by atoms with Gasteiger partial charge in [0.15, 0.2) is 10.4 Å². The zero-order valence-electron chi connectivity index (χ0n) is 10.4. The molecular formula is C13H18BrNO3. The van der Waals surface area contributed by atoms with Crippen molar-refractivity contribution >= 4 is 21.8 Å². The van der Waals surface area contributed by atoms with Gasteiger partial charge >= 0.3 is 0 Å². The molecule has 1 aromatic heterocycles. The molecule has 0 bridgehead atoms. The second-order valence-corrected chi connectivity index (χ2v) is 5.98. The zero-order valence-corrected chi connectivity index (χ0v) is 12.0. The summed E-state index contributed by atoms with van der Waals surface area (Å²) in [5.41, 5.74) is -0.492. The first kappa shape index (κ1) is 13.6. The maximum absolute atomic E-state index is 12.1. The summed E-state index contributed by atoms with van der Waals surface area (Å²) in [4.78, 5) is 12.1. The van der Waals surface area contributed by atoms with Crippen LogP contribution in [0.1, 0.15) is 43.2 Å². The summed E-state index contributed by atoms with van der Waals surface area (Å²) >= 11 is 3.17. The summed E-state index contributed by atoms with van der Waals surface area (Å²) in [6, 6.07) is 3.31. The molecule has 5 heteroatoms. The Bertz CT molecular complexity index is 432. The molecule has 2 atom stereocenters. The molecule has 0 spiro atoms. The Morgan fingerprint density at radius 1 is 1.67 bits per heavy atom. The number of amides is 1. The van der Waals surface area contributed by atoms with Gasteiger partial charge in [0.2, 0.25) is 0 Å². The van der Waals surface area contributed by atoms with Crippen molar-refractivity contribution in [3.05, 3.63) is 22.6 Å². The molecule has 2 N–H and O–H groups in total. The maximum Gasteiger partial charge on any atom is 0.287 e. The third kappa shape index (κ3) is 2.95. The first-order valence-electron chi connectivity index (χ1n) is 6.23. The molecule has 0 aromatic carbocycles. The number of rotatable bonds is 3. The van der Waals surface area contributed by atoms with Crippen LogP contribution in [0.5, 0.6) is 0 Å². The van der Waals surface area contributed by atoms with Gasteiger partial charge in [0.05, 0.1) is 12.1 Å². The van der Waals surface area contributed by atoms with Crippen LogP contribution in [0.3, 0.4) is 0 Å². The van der Waals surface area contributed by atoms with Crippen molar-refractivity contribution < 1.29 is 14.3 Å². The van der Waals surface area contributed by atoms with Crippen LogP contribution in [0.2, 0.25) is 0 Å². The first-order valence-corrected chi connectivity index (χ1v) is 7.03. The number of nitrogens with one attached hydrogen (secondary N) is 1. The van der Waals surface area contributed by atoms with Crippen molar-refractivity contribution in [2.45, 2.75) is 38.1 Å². The second-order valence-electron chi connectivity index (χ2n) is 5.20. The third-order valence-corrected chi connectivity index (χ3v) is 4.00. The number of hydrogen-bond donors (Lipinski definition) is 2. The fourth-order valence-corrected chi connectivity index (χ4v) is 3.00. The summed E-state index contributed by atoms with van der Waals surface area (Å²) in [5, 5.41) is 12.5. The van der Waals surface area contributed by atoms with Gasteiger partial charge in [-0.3, -0.25) is 4.79 Å². The van der Waals surface area contributed by atoms with Gasteiger partial charge in [-0.2, -0.15) is 0 Å². The fraction of sp³-hybridized carbons (Fsp3) is 0.615. The molecule has 1 aliphatic rings. The highest BCUT2D eigenvalue weighted by atomic mass is 79.9. The Morgan fingerprint density at radius 2 is 2.44 bits per heavy atom. The lowest BCUT2D eigenvalue weighted by Crippen LogP contribution is -2.53. The number of furan rings is 1. The average Bonchev–Trinajstić information content (AvgIpc) is 2.76. The highest BCUT2D eigenvalue weighted by Gasteiger charge is 2.36. The van der Waals surface area contributed by atoms with E-state index in [1.54, 1.807) is 12.1 Å². The number of carbonyl (C=O) groups is 1. The van der Waals surface area contributed by atoms with E-state index in [0.717, 1.165) is 25.7 Å². The first-order chi connectivity index (χ1) is 8.54. The van der Waals surface area contributed by atoms with E-state index < -0.39 is 5.54 Å². The Labute approximate surface area is 115 Å². The molecule has 0 aliphatic heterocycles. The van der Waals surface area contributed by atoms with Gasteiger partial charge in [-0.15, -0.1) is 0 Å². The molecule has 0 saturated heterocycles. The summed E-state index contributed by atoms with van der Waals surface area (Å²) in [6.07, 6.45) is 3.83. The van der Waals surface area contributed by atoms with Gasteiger partial charge in [0, 0.05) is 0 Å². The van der Waals surface area contributed by atoms with Crippen LogP contribution in [0, 0.1) is 5.92 Å². The molecule has 2 unspecified atom stereocenters. The van der Waals surface area contributed by atoms with E-state index >= 15 is 0 Å². The monoisotopic (exact) mass is 315 g/mol. The molecular weight excluding hydrogens is 298 g/mol. The molecule has 0 radical (unpaired) electrons. The van der Waals surface area contributed by atoms with Crippen molar-refractivity contribution in [1.82, 2.24) is 5.32 Å². The molecule has 4 nitrogen and oxygen atoms in total. The molecule has 1 aromatic rings. The molecule has 2 rings (SSSR count). The summed E-state index contributed by atoms with van der Waals surface area (Å²) < 4.78 is 5.76. The van der Waals surface area contributed by atoms with E-state index in [9.17, 15) is 9.90 Å². The predicted molar refractivity (Wildman–Crippen MR) is 71.3 cm³/mol. The lowest BCUT2D eigenvalue weighted by atomic mass is 9.77. The molecule has 100 valence electrons. The molecule has 1 amide bonds. The number of halogens is 1. The quantitative estimate of drug-likeness (QED) is 0.901. The Hall–Kier alpha value is -0.810. The average molecular weight is 316 g/mol. The minimum absolute atomic E-state index is 0.0229. The highest BCUT2D eigenvalue weighted by molar-refractivity contribution is 9.10. The van der Waals surface area contributed by atoms with Crippen molar-refractivity contribution in [1.29, 1.82) is 0 Å². The largest absolute Gasteiger partial charge is 0.444 e. The number of aliphatic hydroxyl groups excluding tert-OH is 1. The van der Waals surface area contributed by atoms with Crippen molar-refractivity contribution in [3.8, 4) is 0 Å². The molecule has 1 aliphatic carbocycles. The van der Waals surface area contributed by atoms with E-state index in [4.69, 9.17) is 4.42 Å². The molecule has 1 heterocycles. The minimum atomic E-state index is -0.492. The van der Waals surface area contributed by atoms with Crippen molar-refractivity contribution in [2.75, 3.05) is 6.61 Å². The van der Waals surface area contributed by atoms with Crippen LogP contribution in [-0.4, -0.2) is 23.2 Å². The van der Waals surface area contributed by atoms with Crippen LogP contribution in [0.25, 0.3) is 0 Å². The van der Waals surface area contributed by atoms with E-state index in [0.29, 0.717) is 10.6 Å². The van der Waals surface area contributed by atoms with Gasteiger partial charge in [0.25, 0.3) is 5.91 Å². The number of aliphatic hydroxyl groups is 1. The van der Waals surface area contributed by atoms with Crippen LogP contribution in [-0.2, 0) is 0 Å². The van der Waals surface area contributed by atoms with Crippen LogP contribution in [0.15, 0.2) is 21.2 Å². The highest BCUT2D eigenvalue weighted by Crippen LogP contribution is 2.32. The topological polar surface area (TPSA) is 62.5 Å². The molecule has 1 fully saturated rings. The van der Waals surface area contributed by atoms with Crippen LogP contribution < -0.4 is 5.32 Å². The number of hydrogen-bond acceptors (Lipinski definition) is 3. The van der Waals surface area contributed by atoms with Crippen LogP contribution >= 0.6 is 15.9 Å². The maximum atomic E-state index is 12.1. The van der Waals surface area contributed by atoms with E-state index in [1.165, 1.54) is 0 Å². The standard InChI is InChI=1S/C13H18BrNO3/c1-9-3-2-6-13(7-9,8-16)15-12(17)10-4-5-11(14)18-10/h4-5,9,16H,2-3,6-8H2,1H3,(H,15,17). The lowest BCUT2D eigenvalue weighted by molar-refractivity contribution is 0.0673. The van der Waals surface area contributed by atoms with Gasteiger partial charge in [-0.1, -0.05) is 19.8 Å². The summed E-state index contributed by atoms with van der Waals surface area (Å²) in [7, 11) is 0. The summed E-state index contributed by atoms with van der Waals surface area (Å²) in [6.45, 7) is 2.13. The van der Waals surface area contributed by atoms with Gasteiger partial charge < -0.3 is 14.8 Å². The summed E-state index contributed by atoms with van der Waals surface area (Å²) in [5.74, 6) is 0.534. The van der Waals surface area contributed by atoms with Gasteiger partial charge in [-0.05, 0) is 46.8 Å². The second kappa shape index (κ2) is 5.45.